The van der Waals surface area contributed by atoms with Crippen molar-refractivity contribution in [1.82, 2.24) is 19.6 Å². The molecule has 0 aromatic carbocycles. The Morgan fingerprint density at radius 2 is 0.962 bits per heavy atom. The van der Waals surface area contributed by atoms with Gasteiger partial charge in [0.25, 0.3) is 0 Å². The first-order chi connectivity index (χ1) is 12.0. The molecule has 0 amide bonds. The number of aliphatic carboxylic acids is 3. The molecule has 10 heteroatoms. The van der Waals surface area contributed by atoms with Crippen molar-refractivity contribution in [2.24, 2.45) is 0 Å². The van der Waals surface area contributed by atoms with Crippen LogP contribution < -0.4 is 0 Å². The molecule has 0 aliphatic heterocycles. The van der Waals surface area contributed by atoms with Crippen LogP contribution in [0.5, 0.6) is 0 Å². The summed E-state index contributed by atoms with van der Waals surface area (Å²) in [6.45, 7) is 4.51. The smallest absolute Gasteiger partial charge is 0.317 e. The maximum Gasteiger partial charge on any atom is 0.317 e. The van der Waals surface area contributed by atoms with Gasteiger partial charge in [0.05, 0.1) is 19.6 Å². The van der Waals surface area contributed by atoms with Crippen molar-refractivity contribution in [3.63, 3.8) is 0 Å². The number of hydrogen-bond donors (Lipinski definition) is 3. The molecule has 154 valence electrons. The van der Waals surface area contributed by atoms with E-state index in [1.807, 2.05) is 0 Å². The molecule has 0 rings (SSSR count). The first-order valence-corrected chi connectivity index (χ1v) is 8.37. The fourth-order valence-electron chi connectivity index (χ4n) is 1.71. The Morgan fingerprint density at radius 3 is 1.19 bits per heavy atom. The summed E-state index contributed by atoms with van der Waals surface area (Å²) in [6.07, 6.45) is 0. The highest BCUT2D eigenvalue weighted by atomic mass is 16.4. The summed E-state index contributed by atoms with van der Waals surface area (Å²) in [7, 11) is 7.40. The molecule has 0 bridgehead atoms. The van der Waals surface area contributed by atoms with Gasteiger partial charge in [-0.05, 0) is 34.7 Å². The van der Waals surface area contributed by atoms with Gasteiger partial charge in [-0.3, -0.25) is 29.1 Å². The molecule has 0 atom stereocenters. The van der Waals surface area contributed by atoms with Crippen molar-refractivity contribution in [1.29, 1.82) is 0 Å². The van der Waals surface area contributed by atoms with Crippen LogP contribution >= 0.6 is 0 Å². The minimum absolute atomic E-state index is 0.111. The van der Waals surface area contributed by atoms with E-state index >= 15 is 0 Å². The van der Waals surface area contributed by atoms with Crippen LogP contribution in [0.1, 0.15) is 6.92 Å². The number of likely N-dealkylation sites (N-methyl/N-ethyl adjacent to an activating group) is 2. The van der Waals surface area contributed by atoms with Crippen molar-refractivity contribution >= 4 is 17.9 Å². The molecule has 0 unspecified atom stereocenters. The van der Waals surface area contributed by atoms with Crippen LogP contribution in [0.15, 0.2) is 0 Å². The Morgan fingerprint density at radius 1 is 0.654 bits per heavy atom. The summed E-state index contributed by atoms with van der Waals surface area (Å²) >= 11 is 0. The zero-order chi connectivity index (χ0) is 20.7. The predicted molar refractivity (Wildman–Crippen MR) is 98.6 cm³/mol. The van der Waals surface area contributed by atoms with Crippen LogP contribution in [-0.2, 0) is 14.4 Å². The van der Waals surface area contributed by atoms with E-state index in [0.29, 0.717) is 26.2 Å². The molecule has 10 nitrogen and oxygen atoms in total. The van der Waals surface area contributed by atoms with Crippen molar-refractivity contribution in [3.05, 3.63) is 0 Å². The first-order valence-electron chi connectivity index (χ1n) is 8.37. The van der Waals surface area contributed by atoms with Gasteiger partial charge in [0, 0.05) is 26.2 Å². The monoisotopic (exact) mass is 378 g/mol. The molecule has 0 aliphatic rings. The second-order valence-electron chi connectivity index (χ2n) is 6.33. The summed E-state index contributed by atoms with van der Waals surface area (Å²) < 4.78 is 0. The average molecular weight is 378 g/mol. The standard InChI is InChI=1S/C12H23N3O6.C4H11N/c1-13(7-10(16)17)3-5-15(9-12(20)21)6-4-14(2)8-11(18)19;1-4-5(2)3/h3-9H2,1-2H3,(H,16,17)(H,18,19)(H,20,21);4H2,1-3H3. The van der Waals surface area contributed by atoms with E-state index in [-0.39, 0.29) is 19.6 Å². The van der Waals surface area contributed by atoms with E-state index in [9.17, 15) is 14.4 Å². The highest BCUT2D eigenvalue weighted by molar-refractivity contribution is 5.69. The van der Waals surface area contributed by atoms with Crippen LogP contribution in [0.25, 0.3) is 0 Å². The Kier molecular flexibility index (Phi) is 15.8. The third-order valence-corrected chi connectivity index (χ3v) is 3.40. The molecule has 3 N–H and O–H groups in total. The molecule has 0 saturated carbocycles. The van der Waals surface area contributed by atoms with Crippen LogP contribution in [0.3, 0.4) is 0 Å². The lowest BCUT2D eigenvalue weighted by atomic mass is 10.4. The Bertz CT molecular complexity index is 394. The molecule has 0 aliphatic carbocycles. The quantitative estimate of drug-likeness (QED) is 0.366. The number of nitrogens with zero attached hydrogens (tertiary/aromatic N) is 4. The van der Waals surface area contributed by atoms with Gasteiger partial charge in [0.1, 0.15) is 0 Å². The van der Waals surface area contributed by atoms with E-state index in [2.05, 4.69) is 25.9 Å². The minimum Gasteiger partial charge on any atom is -0.480 e. The largest absolute Gasteiger partial charge is 0.480 e. The lowest BCUT2D eigenvalue weighted by Crippen LogP contribution is -2.42. The summed E-state index contributed by atoms with van der Waals surface area (Å²) in [6, 6.07) is 0. The molecule has 0 saturated heterocycles. The summed E-state index contributed by atoms with van der Waals surface area (Å²) in [5, 5.41) is 26.1. The van der Waals surface area contributed by atoms with Gasteiger partial charge in [-0.15, -0.1) is 0 Å². The van der Waals surface area contributed by atoms with E-state index < -0.39 is 17.9 Å². The third-order valence-electron chi connectivity index (χ3n) is 3.40. The van der Waals surface area contributed by atoms with Gasteiger partial charge >= 0.3 is 17.9 Å². The van der Waals surface area contributed by atoms with E-state index in [0.717, 1.165) is 6.54 Å². The van der Waals surface area contributed by atoms with Gasteiger partial charge in [0.15, 0.2) is 0 Å². The fraction of sp³-hybridized carbons (Fsp3) is 0.812. The normalized spacial score (nSPS) is 11.0. The first kappa shape index (κ1) is 26.5. The highest BCUT2D eigenvalue weighted by Gasteiger charge is 2.13. The van der Waals surface area contributed by atoms with Gasteiger partial charge < -0.3 is 20.2 Å². The van der Waals surface area contributed by atoms with Crippen molar-refractivity contribution in [2.75, 3.05) is 80.5 Å². The predicted octanol–water partition coefficient (Wildman–Crippen LogP) is -1.03. The fourth-order valence-corrected chi connectivity index (χ4v) is 1.71. The topological polar surface area (TPSA) is 125 Å². The molecule has 0 heterocycles. The second kappa shape index (κ2) is 15.5. The molecule has 0 fully saturated rings. The molecule has 0 aromatic heterocycles. The molecular formula is C16H34N4O6. The van der Waals surface area contributed by atoms with Crippen LogP contribution in [0.4, 0.5) is 0 Å². The molecular weight excluding hydrogens is 344 g/mol. The SMILES string of the molecule is CCN(C)C.CN(CCN(CCN(C)CC(=O)O)CC(=O)O)CC(=O)O. The maximum absolute atomic E-state index is 10.8. The summed E-state index contributed by atoms with van der Waals surface area (Å²) in [4.78, 5) is 38.8. The summed E-state index contributed by atoms with van der Waals surface area (Å²) in [5.74, 6) is -2.86. The van der Waals surface area contributed by atoms with Crippen LogP contribution in [0, 0.1) is 0 Å². The van der Waals surface area contributed by atoms with Crippen LogP contribution in [0.2, 0.25) is 0 Å². The van der Waals surface area contributed by atoms with Crippen LogP contribution in [-0.4, -0.2) is 133 Å². The number of carboxylic acid groups (broad SMARTS) is 3. The lowest BCUT2D eigenvalue weighted by Gasteiger charge is -2.25. The molecule has 0 aromatic rings. The maximum atomic E-state index is 10.8. The van der Waals surface area contributed by atoms with Gasteiger partial charge in [-0.1, -0.05) is 6.92 Å². The van der Waals surface area contributed by atoms with Gasteiger partial charge in [0.2, 0.25) is 0 Å². The number of carboxylic acids is 3. The highest BCUT2D eigenvalue weighted by Crippen LogP contribution is 1.93. The van der Waals surface area contributed by atoms with Crippen molar-refractivity contribution < 1.29 is 29.7 Å². The number of rotatable bonds is 13. The van der Waals surface area contributed by atoms with E-state index in [1.54, 1.807) is 28.8 Å². The van der Waals surface area contributed by atoms with Crippen molar-refractivity contribution in [3.8, 4) is 0 Å². The number of carbonyl (C=O) groups is 3. The minimum atomic E-state index is -0.975. The molecule has 26 heavy (non-hydrogen) atoms. The zero-order valence-corrected chi connectivity index (χ0v) is 16.5. The second-order valence-corrected chi connectivity index (χ2v) is 6.33. The van der Waals surface area contributed by atoms with E-state index in [1.165, 1.54) is 0 Å². The zero-order valence-electron chi connectivity index (χ0n) is 16.5. The lowest BCUT2D eigenvalue weighted by molar-refractivity contribution is -0.140. The van der Waals surface area contributed by atoms with Gasteiger partial charge in [-0.25, -0.2) is 0 Å². The molecule has 0 spiro atoms. The summed E-state index contributed by atoms with van der Waals surface area (Å²) in [5.41, 5.74) is 0. The molecule has 0 radical (unpaired) electrons. The Hall–Kier alpha value is -1.75. The third kappa shape index (κ3) is 20.3. The number of hydrogen-bond acceptors (Lipinski definition) is 7. The Balaban J connectivity index is 0. The Labute approximate surface area is 155 Å². The van der Waals surface area contributed by atoms with Gasteiger partial charge in [-0.2, -0.15) is 0 Å². The average Bonchev–Trinajstić information content (AvgIpc) is 2.48. The van der Waals surface area contributed by atoms with E-state index in [4.69, 9.17) is 15.3 Å². The van der Waals surface area contributed by atoms with Crippen molar-refractivity contribution in [2.45, 2.75) is 6.92 Å².